The van der Waals surface area contributed by atoms with Crippen LogP contribution >= 0.6 is 0 Å². The van der Waals surface area contributed by atoms with Crippen LogP contribution in [-0.2, 0) is 11.2 Å². The summed E-state index contributed by atoms with van der Waals surface area (Å²) in [6.45, 7) is 1.03. The van der Waals surface area contributed by atoms with Gasteiger partial charge in [0.1, 0.15) is 5.82 Å². The molecule has 5 nitrogen and oxygen atoms in total. The lowest BCUT2D eigenvalue weighted by Gasteiger charge is -2.36. The Bertz CT molecular complexity index is 521. The van der Waals surface area contributed by atoms with E-state index in [1.54, 1.807) is 17.0 Å². The minimum atomic E-state index is -0.585. The number of nitrogens with two attached hydrogens (primary N) is 1. The molecule has 0 radical (unpaired) electrons. The van der Waals surface area contributed by atoms with Gasteiger partial charge in [0.05, 0.1) is 6.42 Å². The fraction of sp³-hybridized carbons (Fsp3) is 0.467. The standard InChI is InChI=1S/C15H20FN3O2/c16-12-5-3-4-11(8-12)9-14(20)19-7-2-1-6-13(19)10-18-15(17)21/h3-5,8,13H,1-2,6-7,9-10H2,(H3,17,18,21)/t13-/m0/s1. The topological polar surface area (TPSA) is 75.4 Å². The molecule has 1 aromatic carbocycles. The molecule has 114 valence electrons. The maximum Gasteiger partial charge on any atom is 0.312 e. The van der Waals surface area contributed by atoms with Gasteiger partial charge in [-0.2, -0.15) is 0 Å². The monoisotopic (exact) mass is 293 g/mol. The van der Waals surface area contributed by atoms with Gasteiger partial charge in [0, 0.05) is 19.1 Å². The van der Waals surface area contributed by atoms with Crippen molar-refractivity contribution >= 4 is 11.9 Å². The van der Waals surface area contributed by atoms with Crippen LogP contribution < -0.4 is 11.1 Å². The molecule has 0 aliphatic carbocycles. The molecule has 0 saturated carbocycles. The number of likely N-dealkylation sites (tertiary alicyclic amines) is 1. The van der Waals surface area contributed by atoms with Crippen molar-refractivity contribution in [3.05, 3.63) is 35.6 Å². The highest BCUT2D eigenvalue weighted by Crippen LogP contribution is 2.18. The molecule has 3 N–H and O–H groups in total. The molecule has 2 rings (SSSR count). The summed E-state index contributed by atoms with van der Waals surface area (Å²) in [4.78, 5) is 25.0. The molecule has 3 amide bonds. The molecule has 1 aromatic rings. The number of rotatable bonds is 4. The van der Waals surface area contributed by atoms with Gasteiger partial charge in [-0.3, -0.25) is 4.79 Å². The fourth-order valence-electron chi connectivity index (χ4n) is 2.68. The van der Waals surface area contributed by atoms with Crippen LogP contribution in [0.15, 0.2) is 24.3 Å². The second-order valence-corrected chi connectivity index (χ2v) is 5.29. The van der Waals surface area contributed by atoms with Crippen molar-refractivity contribution in [2.75, 3.05) is 13.1 Å². The maximum atomic E-state index is 13.2. The zero-order valence-electron chi connectivity index (χ0n) is 11.8. The first-order chi connectivity index (χ1) is 10.1. The molecule has 0 spiro atoms. The Balaban J connectivity index is 1.99. The summed E-state index contributed by atoms with van der Waals surface area (Å²) in [6, 6.07) is 5.44. The van der Waals surface area contributed by atoms with Crippen LogP contribution in [0.1, 0.15) is 24.8 Å². The predicted molar refractivity (Wildman–Crippen MR) is 77.0 cm³/mol. The molecular weight excluding hydrogens is 273 g/mol. The highest BCUT2D eigenvalue weighted by atomic mass is 19.1. The average Bonchev–Trinajstić information content (AvgIpc) is 2.45. The molecule has 6 heteroatoms. The SMILES string of the molecule is NC(=O)NC[C@@H]1CCCCN1C(=O)Cc1cccc(F)c1. The molecule has 0 aromatic heterocycles. The zero-order chi connectivity index (χ0) is 15.2. The third kappa shape index (κ3) is 4.44. The van der Waals surface area contributed by atoms with Crippen molar-refractivity contribution < 1.29 is 14.0 Å². The van der Waals surface area contributed by atoms with Crippen molar-refractivity contribution in [2.24, 2.45) is 5.73 Å². The van der Waals surface area contributed by atoms with Gasteiger partial charge in [0.2, 0.25) is 5.91 Å². The van der Waals surface area contributed by atoms with E-state index in [1.807, 2.05) is 0 Å². The lowest BCUT2D eigenvalue weighted by atomic mass is 10.0. The van der Waals surface area contributed by atoms with E-state index in [0.717, 1.165) is 19.3 Å². The molecular formula is C15H20FN3O2. The number of carbonyl (C=O) groups excluding carboxylic acids is 2. The Morgan fingerprint density at radius 2 is 2.19 bits per heavy atom. The lowest BCUT2D eigenvalue weighted by molar-refractivity contribution is -0.134. The highest BCUT2D eigenvalue weighted by molar-refractivity contribution is 5.79. The van der Waals surface area contributed by atoms with Crippen LogP contribution in [0.2, 0.25) is 0 Å². The largest absolute Gasteiger partial charge is 0.352 e. The molecule has 1 atom stereocenters. The number of benzene rings is 1. The number of piperidine rings is 1. The maximum absolute atomic E-state index is 13.2. The second kappa shape index (κ2) is 7.06. The van der Waals surface area contributed by atoms with Gasteiger partial charge in [0.25, 0.3) is 0 Å². The van der Waals surface area contributed by atoms with Crippen LogP contribution in [0.3, 0.4) is 0 Å². The van der Waals surface area contributed by atoms with E-state index in [-0.39, 0.29) is 24.2 Å². The van der Waals surface area contributed by atoms with Gasteiger partial charge in [-0.25, -0.2) is 9.18 Å². The van der Waals surface area contributed by atoms with E-state index in [2.05, 4.69) is 5.32 Å². The summed E-state index contributed by atoms with van der Waals surface area (Å²) in [5, 5.41) is 2.56. The van der Waals surface area contributed by atoms with Gasteiger partial charge in [-0.05, 0) is 37.0 Å². The number of amides is 3. The molecule has 1 aliphatic rings. The van der Waals surface area contributed by atoms with E-state index in [9.17, 15) is 14.0 Å². The Morgan fingerprint density at radius 3 is 2.90 bits per heavy atom. The van der Waals surface area contributed by atoms with Crippen LogP contribution in [-0.4, -0.2) is 36.0 Å². The van der Waals surface area contributed by atoms with Crippen molar-refractivity contribution in [3.8, 4) is 0 Å². The number of nitrogens with one attached hydrogen (secondary N) is 1. The van der Waals surface area contributed by atoms with Crippen LogP contribution in [0.5, 0.6) is 0 Å². The summed E-state index contributed by atoms with van der Waals surface area (Å²) < 4.78 is 13.2. The fourth-order valence-corrected chi connectivity index (χ4v) is 2.68. The summed E-state index contributed by atoms with van der Waals surface area (Å²) in [6.07, 6.45) is 2.98. The number of nitrogens with zero attached hydrogens (tertiary/aromatic N) is 1. The third-order valence-corrected chi connectivity index (χ3v) is 3.70. The Morgan fingerprint density at radius 1 is 1.38 bits per heavy atom. The number of primary amides is 1. The van der Waals surface area contributed by atoms with Gasteiger partial charge in [0.15, 0.2) is 0 Å². The third-order valence-electron chi connectivity index (χ3n) is 3.70. The first kappa shape index (κ1) is 15.3. The average molecular weight is 293 g/mol. The quantitative estimate of drug-likeness (QED) is 0.881. The molecule has 21 heavy (non-hydrogen) atoms. The highest BCUT2D eigenvalue weighted by Gasteiger charge is 2.26. The predicted octanol–water partition coefficient (Wildman–Crippen LogP) is 1.42. The molecule has 1 saturated heterocycles. The molecule has 1 aliphatic heterocycles. The first-order valence-electron chi connectivity index (χ1n) is 7.13. The van der Waals surface area contributed by atoms with Crippen LogP contribution in [0.4, 0.5) is 9.18 Å². The molecule has 0 bridgehead atoms. The van der Waals surface area contributed by atoms with E-state index in [1.165, 1.54) is 12.1 Å². The number of urea groups is 1. The Kier molecular flexibility index (Phi) is 5.14. The van der Waals surface area contributed by atoms with E-state index in [4.69, 9.17) is 5.73 Å². The number of hydrogen-bond acceptors (Lipinski definition) is 2. The first-order valence-corrected chi connectivity index (χ1v) is 7.13. The van der Waals surface area contributed by atoms with E-state index < -0.39 is 6.03 Å². The Labute approximate surface area is 123 Å². The van der Waals surface area contributed by atoms with Crippen molar-refractivity contribution in [1.82, 2.24) is 10.2 Å². The van der Waals surface area contributed by atoms with E-state index >= 15 is 0 Å². The second-order valence-electron chi connectivity index (χ2n) is 5.29. The van der Waals surface area contributed by atoms with Crippen molar-refractivity contribution in [2.45, 2.75) is 31.7 Å². The number of hydrogen-bond donors (Lipinski definition) is 2. The molecule has 1 fully saturated rings. The van der Waals surface area contributed by atoms with E-state index in [0.29, 0.717) is 18.7 Å². The normalized spacial score (nSPS) is 18.3. The van der Waals surface area contributed by atoms with Gasteiger partial charge < -0.3 is 16.0 Å². The summed E-state index contributed by atoms with van der Waals surface area (Å²) in [5.41, 5.74) is 5.74. The lowest BCUT2D eigenvalue weighted by Crippen LogP contribution is -2.50. The molecule has 1 heterocycles. The van der Waals surface area contributed by atoms with Crippen LogP contribution in [0.25, 0.3) is 0 Å². The zero-order valence-corrected chi connectivity index (χ0v) is 11.8. The minimum Gasteiger partial charge on any atom is -0.352 e. The van der Waals surface area contributed by atoms with Gasteiger partial charge in [-0.1, -0.05) is 12.1 Å². The smallest absolute Gasteiger partial charge is 0.312 e. The summed E-state index contributed by atoms with van der Waals surface area (Å²) in [7, 11) is 0. The number of carbonyl (C=O) groups is 2. The summed E-state index contributed by atoms with van der Waals surface area (Å²) >= 11 is 0. The molecule has 0 unspecified atom stereocenters. The van der Waals surface area contributed by atoms with Gasteiger partial charge >= 0.3 is 6.03 Å². The van der Waals surface area contributed by atoms with Gasteiger partial charge in [-0.15, -0.1) is 0 Å². The summed E-state index contributed by atoms with van der Waals surface area (Å²) in [5.74, 6) is -0.387. The number of halogens is 1. The van der Waals surface area contributed by atoms with Crippen molar-refractivity contribution in [3.63, 3.8) is 0 Å². The van der Waals surface area contributed by atoms with Crippen molar-refractivity contribution in [1.29, 1.82) is 0 Å². The Hall–Kier alpha value is -2.11. The van der Waals surface area contributed by atoms with Crippen LogP contribution in [0, 0.1) is 5.82 Å². The minimum absolute atomic E-state index is 0.0349.